The van der Waals surface area contributed by atoms with E-state index in [-0.39, 0.29) is 11.3 Å². The summed E-state index contributed by atoms with van der Waals surface area (Å²) >= 11 is 0. The Bertz CT molecular complexity index is 835. The number of hydrogen-bond donors (Lipinski definition) is 0. The van der Waals surface area contributed by atoms with Gasteiger partial charge in [-0.05, 0) is 24.3 Å². The van der Waals surface area contributed by atoms with E-state index < -0.39 is 40.8 Å². The number of benzene rings is 2. The molecule has 0 unspecified atom stereocenters. The van der Waals surface area contributed by atoms with Gasteiger partial charge in [-0.1, -0.05) is 0 Å². The van der Waals surface area contributed by atoms with E-state index in [1.165, 1.54) is 12.1 Å². The number of ether oxygens (including phenoxy) is 1. The van der Waals surface area contributed by atoms with Gasteiger partial charge in [-0.15, -0.1) is 0 Å². The van der Waals surface area contributed by atoms with Gasteiger partial charge in [0.15, 0.2) is 17.4 Å². The van der Waals surface area contributed by atoms with Crippen LogP contribution < -0.4 is 4.74 Å². The lowest BCUT2D eigenvalue weighted by atomic mass is 10.1. The topological polar surface area (TPSA) is 56.8 Å². The average molecular weight is 324 g/mol. The second-order valence-corrected chi connectivity index (χ2v) is 4.22. The van der Waals surface area contributed by atoms with Gasteiger partial charge in [0, 0.05) is 5.56 Å². The predicted octanol–water partition coefficient (Wildman–Crippen LogP) is 4.58. The van der Waals surface area contributed by atoms with Crippen molar-refractivity contribution in [1.82, 2.24) is 0 Å². The summed E-state index contributed by atoms with van der Waals surface area (Å²) in [5.41, 5.74) is -2.17. The Labute approximate surface area is 126 Å². The van der Waals surface area contributed by atoms with Crippen LogP contribution in [0.3, 0.4) is 0 Å². The fraction of sp³-hybridized carbons (Fsp3) is 0.0667. The molecular weight excluding hydrogens is 319 g/mol. The molecule has 116 valence electrons. The number of nitrogens with zero attached hydrogens (tertiary/aromatic N) is 2. The van der Waals surface area contributed by atoms with Gasteiger partial charge in [0.2, 0.25) is 5.82 Å². The molecule has 0 atom stereocenters. The van der Waals surface area contributed by atoms with Crippen molar-refractivity contribution in [3.63, 3.8) is 0 Å². The highest BCUT2D eigenvalue weighted by molar-refractivity contribution is 5.56. The molecule has 0 saturated carbocycles. The van der Waals surface area contributed by atoms with Gasteiger partial charge in [-0.3, -0.25) is 0 Å². The van der Waals surface area contributed by atoms with Crippen molar-refractivity contribution in [2.24, 2.45) is 0 Å². The van der Waals surface area contributed by atoms with Gasteiger partial charge in [-0.25, -0.2) is 17.6 Å². The van der Waals surface area contributed by atoms with E-state index in [1.54, 1.807) is 0 Å². The molecule has 0 fully saturated rings. The highest BCUT2D eigenvalue weighted by Gasteiger charge is 2.27. The smallest absolute Gasteiger partial charge is 0.263 e. The molecule has 0 N–H and O–H groups in total. The average Bonchev–Trinajstić information content (AvgIpc) is 2.55. The molecular formula is C15H5F5N2O. The maximum atomic E-state index is 13.8. The minimum Gasteiger partial charge on any atom is -0.453 e. The van der Waals surface area contributed by atoms with Gasteiger partial charge in [-0.2, -0.15) is 14.9 Å². The summed E-state index contributed by atoms with van der Waals surface area (Å²) in [7, 11) is 0. The molecule has 0 radical (unpaired) electrons. The van der Waals surface area contributed by atoms with Crippen molar-refractivity contribution in [1.29, 1.82) is 10.5 Å². The molecule has 8 heteroatoms. The van der Waals surface area contributed by atoms with E-state index in [4.69, 9.17) is 15.3 Å². The second kappa shape index (κ2) is 6.32. The van der Waals surface area contributed by atoms with Crippen molar-refractivity contribution >= 4 is 0 Å². The normalized spacial score (nSPS) is 10.3. The van der Waals surface area contributed by atoms with Gasteiger partial charge in [0.1, 0.15) is 29.0 Å². The van der Waals surface area contributed by atoms with E-state index in [2.05, 4.69) is 0 Å². The number of halogens is 5. The van der Waals surface area contributed by atoms with Crippen LogP contribution in [0.25, 0.3) is 0 Å². The summed E-state index contributed by atoms with van der Waals surface area (Å²) < 4.78 is 70.5. The molecule has 23 heavy (non-hydrogen) atoms. The lowest BCUT2D eigenvalue weighted by Gasteiger charge is -2.11. The zero-order valence-electron chi connectivity index (χ0n) is 11.1. The molecule has 0 amide bonds. The molecule has 2 rings (SSSR count). The first-order chi connectivity index (χ1) is 10.9. The maximum Gasteiger partial charge on any atom is 0.263 e. The van der Waals surface area contributed by atoms with Crippen LogP contribution in [0.1, 0.15) is 23.1 Å². The van der Waals surface area contributed by atoms with Gasteiger partial charge < -0.3 is 4.74 Å². The molecule has 0 aliphatic heterocycles. The summed E-state index contributed by atoms with van der Waals surface area (Å²) in [6.07, 6.45) is -2.73. The Morgan fingerprint density at radius 1 is 0.826 bits per heavy atom. The summed E-state index contributed by atoms with van der Waals surface area (Å²) in [5.74, 6) is -6.76. The Balaban J connectivity index is 2.54. The van der Waals surface area contributed by atoms with Crippen molar-refractivity contribution in [3.05, 3.63) is 58.4 Å². The number of hydrogen-bond acceptors (Lipinski definition) is 3. The largest absolute Gasteiger partial charge is 0.453 e. The molecule has 3 nitrogen and oxygen atoms in total. The lowest BCUT2D eigenvalue weighted by molar-refractivity contribution is 0.151. The van der Waals surface area contributed by atoms with Crippen LogP contribution in [0.4, 0.5) is 22.0 Å². The zero-order chi connectivity index (χ0) is 17.1. The maximum absolute atomic E-state index is 13.8. The van der Waals surface area contributed by atoms with Gasteiger partial charge >= 0.3 is 0 Å². The summed E-state index contributed by atoms with van der Waals surface area (Å²) in [6.45, 7) is 0. The molecule has 2 aromatic rings. The Morgan fingerprint density at radius 2 is 1.39 bits per heavy atom. The number of rotatable bonds is 3. The Hall–Kier alpha value is -3.13. The fourth-order valence-electron chi connectivity index (χ4n) is 1.75. The van der Waals surface area contributed by atoms with Crippen LogP contribution in [0.5, 0.6) is 11.5 Å². The van der Waals surface area contributed by atoms with E-state index in [1.807, 2.05) is 0 Å². The monoisotopic (exact) mass is 324 g/mol. The summed E-state index contributed by atoms with van der Waals surface area (Å²) in [4.78, 5) is 0. The zero-order valence-corrected chi connectivity index (χ0v) is 11.1. The van der Waals surface area contributed by atoms with Crippen molar-refractivity contribution in [3.8, 4) is 23.6 Å². The lowest BCUT2D eigenvalue weighted by Crippen LogP contribution is -2.03. The molecule has 2 aromatic carbocycles. The summed E-state index contributed by atoms with van der Waals surface area (Å²) in [6, 6.07) is 6.65. The van der Waals surface area contributed by atoms with Gasteiger partial charge in [0.25, 0.3) is 6.43 Å². The molecule has 0 aliphatic carbocycles. The highest BCUT2D eigenvalue weighted by atomic mass is 19.3. The molecule has 0 aliphatic rings. The first kappa shape index (κ1) is 16.2. The van der Waals surface area contributed by atoms with E-state index >= 15 is 0 Å². The molecule has 0 bridgehead atoms. The van der Waals surface area contributed by atoms with Crippen LogP contribution in [0.15, 0.2) is 24.3 Å². The third-order valence-corrected chi connectivity index (χ3v) is 2.86. The van der Waals surface area contributed by atoms with Gasteiger partial charge in [0.05, 0.1) is 0 Å². The first-order valence-corrected chi connectivity index (χ1v) is 5.97. The summed E-state index contributed by atoms with van der Waals surface area (Å²) in [5, 5.41) is 17.7. The Kier molecular flexibility index (Phi) is 4.47. The molecule has 0 spiro atoms. The van der Waals surface area contributed by atoms with Crippen molar-refractivity contribution < 1.29 is 26.7 Å². The quantitative estimate of drug-likeness (QED) is 0.613. The predicted molar refractivity (Wildman–Crippen MR) is 67.2 cm³/mol. The fourth-order valence-corrected chi connectivity index (χ4v) is 1.75. The number of alkyl halides is 2. The van der Waals surface area contributed by atoms with Crippen LogP contribution >= 0.6 is 0 Å². The van der Waals surface area contributed by atoms with Crippen LogP contribution in [0, 0.1) is 40.1 Å². The van der Waals surface area contributed by atoms with E-state index in [0.717, 1.165) is 24.3 Å². The van der Waals surface area contributed by atoms with E-state index in [9.17, 15) is 22.0 Å². The van der Waals surface area contributed by atoms with Crippen molar-refractivity contribution in [2.75, 3.05) is 0 Å². The van der Waals surface area contributed by atoms with E-state index in [0.29, 0.717) is 0 Å². The second-order valence-electron chi connectivity index (χ2n) is 4.22. The molecule has 0 aromatic heterocycles. The molecule has 0 saturated heterocycles. The highest BCUT2D eigenvalue weighted by Crippen LogP contribution is 2.34. The minimum atomic E-state index is -2.73. The number of nitriles is 2. The molecule has 0 heterocycles. The standard InChI is InChI=1S/C15H5F5N2O/c16-11-9(5-21)10(6-22)14(13(18)12(11)17)23-8-3-1-7(2-4-8)15(19)20/h1-4,15H. The van der Waals surface area contributed by atoms with Crippen molar-refractivity contribution in [2.45, 2.75) is 6.43 Å². The first-order valence-electron chi connectivity index (χ1n) is 5.97. The minimum absolute atomic E-state index is 0.195. The third-order valence-electron chi connectivity index (χ3n) is 2.86. The van der Waals surface area contributed by atoms with Crippen LogP contribution in [-0.4, -0.2) is 0 Å². The van der Waals surface area contributed by atoms with Crippen LogP contribution in [0.2, 0.25) is 0 Å². The van der Waals surface area contributed by atoms with Crippen LogP contribution in [-0.2, 0) is 0 Å². The SMILES string of the molecule is N#Cc1c(F)c(F)c(F)c(Oc2ccc(C(F)F)cc2)c1C#N. The Morgan fingerprint density at radius 3 is 1.87 bits per heavy atom. The third kappa shape index (κ3) is 2.92.